The third-order valence-electron chi connectivity index (χ3n) is 4.64. The first-order valence-corrected chi connectivity index (χ1v) is 8.85. The average Bonchev–Trinajstić information content (AvgIpc) is 2.74. The Morgan fingerprint density at radius 1 is 1.04 bits per heavy atom. The highest BCUT2D eigenvalue weighted by Crippen LogP contribution is 2.36. The summed E-state index contributed by atoms with van der Waals surface area (Å²) in [6.45, 7) is 1.75. The van der Waals surface area contributed by atoms with Gasteiger partial charge in [0.15, 0.2) is 5.82 Å². The van der Waals surface area contributed by atoms with Gasteiger partial charge < -0.3 is 10.1 Å². The maximum atomic E-state index is 14.7. The number of nitrogens with zero attached hydrogens (tertiary/aromatic N) is 3. The normalized spacial score (nSPS) is 10.9. The molecule has 0 aliphatic heterocycles. The fraction of sp³-hybridized carbons (Fsp3) is 0.136. The summed E-state index contributed by atoms with van der Waals surface area (Å²) < 4.78 is 20.3. The summed E-state index contributed by atoms with van der Waals surface area (Å²) in [6.07, 6.45) is 3.41. The largest absolute Gasteiger partial charge is 0.494 e. The second kappa shape index (κ2) is 7.23. The molecule has 0 aliphatic carbocycles. The summed E-state index contributed by atoms with van der Waals surface area (Å²) in [6, 6.07) is 12.8. The third kappa shape index (κ3) is 3.03. The van der Waals surface area contributed by atoms with E-state index in [-0.39, 0.29) is 5.82 Å². The molecular formula is C22H19FN4O. The van der Waals surface area contributed by atoms with Crippen LogP contribution in [0.15, 0.2) is 54.9 Å². The lowest BCUT2D eigenvalue weighted by atomic mass is 10.00. The van der Waals surface area contributed by atoms with Crippen LogP contribution in [-0.4, -0.2) is 29.1 Å². The lowest BCUT2D eigenvalue weighted by Gasteiger charge is -2.14. The van der Waals surface area contributed by atoms with E-state index in [0.717, 1.165) is 10.9 Å². The number of rotatable bonds is 4. The van der Waals surface area contributed by atoms with Crippen molar-refractivity contribution in [3.8, 4) is 28.3 Å². The van der Waals surface area contributed by atoms with Gasteiger partial charge in [-0.15, -0.1) is 0 Å². The summed E-state index contributed by atoms with van der Waals surface area (Å²) in [5.41, 5.74) is 3.27. The van der Waals surface area contributed by atoms with Gasteiger partial charge in [0, 0.05) is 36.0 Å². The summed E-state index contributed by atoms with van der Waals surface area (Å²) in [5, 5.41) is 3.87. The minimum absolute atomic E-state index is 0.247. The van der Waals surface area contributed by atoms with Gasteiger partial charge in [0.05, 0.1) is 7.11 Å². The minimum Gasteiger partial charge on any atom is -0.494 e. The number of aryl methyl sites for hydroxylation is 1. The number of pyridine rings is 1. The summed E-state index contributed by atoms with van der Waals surface area (Å²) in [4.78, 5) is 13.5. The molecule has 2 aromatic heterocycles. The van der Waals surface area contributed by atoms with Crippen molar-refractivity contribution < 1.29 is 9.13 Å². The predicted molar refractivity (Wildman–Crippen MR) is 109 cm³/mol. The fourth-order valence-corrected chi connectivity index (χ4v) is 3.20. The van der Waals surface area contributed by atoms with E-state index in [1.807, 2.05) is 24.3 Å². The van der Waals surface area contributed by atoms with Gasteiger partial charge in [-0.1, -0.05) is 18.2 Å². The standard InChI is InChI=1S/C22H19FN4O/c1-13-6-4-8-16(19(13)23)15-10-17-20(18(11-15)28-3)26-21(27-22(17)24-2)14-7-5-9-25-12-14/h4-12H,1-3H3,(H,24,26,27). The number of benzene rings is 2. The van der Waals surface area contributed by atoms with Crippen LogP contribution in [0.5, 0.6) is 5.75 Å². The van der Waals surface area contributed by atoms with E-state index in [1.54, 1.807) is 51.7 Å². The number of hydrogen-bond donors (Lipinski definition) is 1. The molecule has 28 heavy (non-hydrogen) atoms. The zero-order chi connectivity index (χ0) is 19.7. The Hall–Kier alpha value is -3.54. The van der Waals surface area contributed by atoms with E-state index in [0.29, 0.717) is 39.6 Å². The van der Waals surface area contributed by atoms with Crippen LogP contribution in [0, 0.1) is 12.7 Å². The fourth-order valence-electron chi connectivity index (χ4n) is 3.20. The minimum atomic E-state index is -0.247. The van der Waals surface area contributed by atoms with Crippen LogP contribution in [0.25, 0.3) is 33.4 Å². The SMILES string of the molecule is CNc1nc(-c2cccnc2)nc2c(OC)cc(-c3cccc(C)c3F)cc12. The second-order valence-corrected chi connectivity index (χ2v) is 6.40. The van der Waals surface area contributed by atoms with Crippen molar-refractivity contribution in [2.75, 3.05) is 19.5 Å². The van der Waals surface area contributed by atoms with E-state index in [4.69, 9.17) is 4.74 Å². The highest BCUT2D eigenvalue weighted by atomic mass is 19.1. The van der Waals surface area contributed by atoms with Gasteiger partial charge in [-0.25, -0.2) is 14.4 Å². The number of halogens is 1. The smallest absolute Gasteiger partial charge is 0.163 e. The van der Waals surface area contributed by atoms with Crippen LogP contribution in [0.1, 0.15) is 5.56 Å². The number of hydrogen-bond acceptors (Lipinski definition) is 5. The van der Waals surface area contributed by atoms with Gasteiger partial charge in [0.2, 0.25) is 0 Å². The Morgan fingerprint density at radius 3 is 2.61 bits per heavy atom. The lowest BCUT2D eigenvalue weighted by molar-refractivity contribution is 0.419. The highest BCUT2D eigenvalue weighted by molar-refractivity contribution is 5.97. The van der Waals surface area contributed by atoms with E-state index in [1.165, 1.54) is 0 Å². The van der Waals surface area contributed by atoms with Crippen LogP contribution >= 0.6 is 0 Å². The van der Waals surface area contributed by atoms with Gasteiger partial charge in [-0.2, -0.15) is 0 Å². The monoisotopic (exact) mass is 374 g/mol. The molecule has 5 nitrogen and oxygen atoms in total. The average molecular weight is 374 g/mol. The van der Waals surface area contributed by atoms with Crippen molar-refractivity contribution >= 4 is 16.7 Å². The van der Waals surface area contributed by atoms with Crippen molar-refractivity contribution in [2.45, 2.75) is 6.92 Å². The van der Waals surface area contributed by atoms with Crippen LogP contribution in [0.2, 0.25) is 0 Å². The van der Waals surface area contributed by atoms with E-state index < -0.39 is 0 Å². The quantitative estimate of drug-likeness (QED) is 0.553. The van der Waals surface area contributed by atoms with E-state index in [9.17, 15) is 4.39 Å². The number of fused-ring (bicyclic) bond motifs is 1. The molecule has 0 atom stereocenters. The molecule has 4 rings (SSSR count). The molecule has 0 unspecified atom stereocenters. The molecule has 0 aliphatic rings. The Labute approximate surface area is 162 Å². The Morgan fingerprint density at radius 2 is 1.89 bits per heavy atom. The van der Waals surface area contributed by atoms with Crippen LogP contribution in [0.3, 0.4) is 0 Å². The highest BCUT2D eigenvalue weighted by Gasteiger charge is 2.16. The number of anilines is 1. The Kier molecular flexibility index (Phi) is 4.61. The van der Waals surface area contributed by atoms with Gasteiger partial charge in [-0.3, -0.25) is 4.98 Å². The van der Waals surface area contributed by atoms with Gasteiger partial charge in [0.1, 0.15) is 22.9 Å². The molecule has 2 heterocycles. The number of methoxy groups -OCH3 is 1. The summed E-state index contributed by atoms with van der Waals surface area (Å²) >= 11 is 0. The first-order chi connectivity index (χ1) is 13.6. The second-order valence-electron chi connectivity index (χ2n) is 6.40. The third-order valence-corrected chi connectivity index (χ3v) is 4.64. The van der Waals surface area contributed by atoms with Crippen LogP contribution in [-0.2, 0) is 0 Å². The molecule has 0 radical (unpaired) electrons. The van der Waals surface area contributed by atoms with Crippen molar-refractivity contribution in [2.24, 2.45) is 0 Å². The summed E-state index contributed by atoms with van der Waals surface area (Å²) in [7, 11) is 3.37. The molecule has 140 valence electrons. The molecule has 1 N–H and O–H groups in total. The van der Waals surface area contributed by atoms with Crippen molar-refractivity contribution in [1.82, 2.24) is 15.0 Å². The van der Waals surface area contributed by atoms with Crippen molar-refractivity contribution in [3.05, 3.63) is 66.2 Å². The lowest BCUT2D eigenvalue weighted by Crippen LogP contribution is -2.01. The topological polar surface area (TPSA) is 59.9 Å². The van der Waals surface area contributed by atoms with Crippen molar-refractivity contribution in [1.29, 1.82) is 0 Å². The van der Waals surface area contributed by atoms with Crippen LogP contribution in [0.4, 0.5) is 10.2 Å². The maximum Gasteiger partial charge on any atom is 0.163 e. The van der Waals surface area contributed by atoms with Gasteiger partial charge in [0.25, 0.3) is 0 Å². The zero-order valence-corrected chi connectivity index (χ0v) is 15.8. The molecule has 0 saturated heterocycles. The molecule has 6 heteroatoms. The van der Waals surface area contributed by atoms with E-state index >= 15 is 0 Å². The molecule has 2 aromatic carbocycles. The molecule has 0 bridgehead atoms. The predicted octanol–water partition coefficient (Wildman–Crippen LogP) is 4.86. The van der Waals surface area contributed by atoms with Gasteiger partial charge in [-0.05, 0) is 42.3 Å². The number of nitrogens with one attached hydrogen (secondary N) is 1. The molecular weight excluding hydrogens is 355 g/mol. The first kappa shape index (κ1) is 17.9. The molecule has 0 saturated carbocycles. The zero-order valence-electron chi connectivity index (χ0n) is 15.8. The molecule has 0 spiro atoms. The number of ether oxygens (including phenoxy) is 1. The Bertz CT molecular complexity index is 1160. The van der Waals surface area contributed by atoms with Crippen LogP contribution < -0.4 is 10.1 Å². The molecule has 0 amide bonds. The summed E-state index contributed by atoms with van der Waals surface area (Å²) in [5.74, 6) is 1.48. The molecule has 0 fully saturated rings. The van der Waals surface area contributed by atoms with Crippen molar-refractivity contribution in [3.63, 3.8) is 0 Å². The van der Waals surface area contributed by atoms with Gasteiger partial charge >= 0.3 is 0 Å². The molecule has 4 aromatic rings. The first-order valence-electron chi connectivity index (χ1n) is 8.85. The Balaban J connectivity index is 2.00. The number of aromatic nitrogens is 3. The maximum absolute atomic E-state index is 14.7. The van der Waals surface area contributed by atoms with E-state index in [2.05, 4.69) is 20.3 Å².